The number of fused-ring (bicyclic) bond motifs is 1. The van der Waals surface area contributed by atoms with E-state index >= 15 is 0 Å². The lowest BCUT2D eigenvalue weighted by Crippen LogP contribution is -2.57. The van der Waals surface area contributed by atoms with Crippen molar-refractivity contribution in [2.75, 3.05) is 26.9 Å². The fourth-order valence-electron chi connectivity index (χ4n) is 4.58. The molecule has 2 heterocycles. The molecular weight excluding hydrogens is 543 g/mol. The first-order valence-corrected chi connectivity index (χ1v) is 14.1. The molecule has 0 unspecified atom stereocenters. The molecule has 2 saturated heterocycles. The van der Waals surface area contributed by atoms with Gasteiger partial charge in [0.1, 0.15) is 5.75 Å². The average molecular weight is 573 g/mol. The van der Waals surface area contributed by atoms with Gasteiger partial charge in [0.2, 0.25) is 15.9 Å². The molecule has 2 aliphatic heterocycles. The number of carbonyl (C=O) groups excluding carboxylic acids is 1. The zero-order valence-corrected chi connectivity index (χ0v) is 22.6. The van der Waals surface area contributed by atoms with Crippen LogP contribution in [-0.4, -0.2) is 75.0 Å². The lowest BCUT2D eigenvalue weighted by Gasteiger charge is -2.43. The van der Waals surface area contributed by atoms with E-state index in [0.29, 0.717) is 35.2 Å². The Kier molecular flexibility index (Phi) is 9.33. The molecule has 37 heavy (non-hydrogen) atoms. The molecule has 2 aromatic carbocycles. The monoisotopic (exact) mass is 572 g/mol. The molecule has 12 heteroatoms. The summed E-state index contributed by atoms with van der Waals surface area (Å²) in [6.45, 7) is 0.269. The summed E-state index contributed by atoms with van der Waals surface area (Å²) in [6.07, 6.45) is -0.889. The van der Waals surface area contributed by atoms with Gasteiger partial charge in [0.05, 0.1) is 66.0 Å². The topological polar surface area (TPSA) is 114 Å². The van der Waals surface area contributed by atoms with E-state index in [0.717, 1.165) is 5.56 Å². The molecule has 4 rings (SSSR count). The van der Waals surface area contributed by atoms with Crippen LogP contribution in [0.2, 0.25) is 10.0 Å². The largest absolute Gasteiger partial charge is 0.497 e. The molecule has 9 nitrogen and oxygen atoms in total. The number of halogens is 2. The molecule has 2 fully saturated rings. The Morgan fingerprint density at radius 2 is 1.89 bits per heavy atom. The molecule has 2 N–H and O–H groups in total. The summed E-state index contributed by atoms with van der Waals surface area (Å²) in [6, 6.07) is 10.7. The summed E-state index contributed by atoms with van der Waals surface area (Å²) in [5.41, 5.74) is 0.818. The standard InChI is InChI=1S/C25H30Cl2N2O7S/c1-34-18-3-6-20(7-4-18)37(32,33)29-13-17(30)14-35-15-24-23(29)9-5-19(36-24)11-25(31)28-12-16-2-8-21(26)22(27)10-16/h2-4,6-8,10,17,19,23-24,30H,5,9,11-15H2,1H3,(H,28,31)/t17-,19+,23+,24-/m1/s1. The molecule has 0 radical (unpaired) electrons. The molecule has 202 valence electrons. The second-order valence-electron chi connectivity index (χ2n) is 9.11. The maximum absolute atomic E-state index is 13.6. The van der Waals surface area contributed by atoms with E-state index in [1.165, 1.54) is 23.5 Å². The van der Waals surface area contributed by atoms with Gasteiger partial charge in [0.15, 0.2) is 0 Å². The van der Waals surface area contributed by atoms with Gasteiger partial charge in [-0.15, -0.1) is 0 Å². The van der Waals surface area contributed by atoms with Crippen LogP contribution in [0.1, 0.15) is 24.8 Å². The van der Waals surface area contributed by atoms with Crippen LogP contribution >= 0.6 is 23.2 Å². The van der Waals surface area contributed by atoms with E-state index in [2.05, 4.69) is 5.32 Å². The fourth-order valence-corrected chi connectivity index (χ4v) is 6.62. The third-order valence-corrected chi connectivity index (χ3v) is 9.13. The van der Waals surface area contributed by atoms with E-state index < -0.39 is 34.4 Å². The smallest absolute Gasteiger partial charge is 0.243 e. The Labute approximate surface area is 226 Å². The Balaban J connectivity index is 1.42. The first-order chi connectivity index (χ1) is 17.7. The van der Waals surface area contributed by atoms with Crippen LogP contribution < -0.4 is 10.1 Å². The highest BCUT2D eigenvalue weighted by Crippen LogP contribution is 2.32. The third-order valence-electron chi connectivity index (χ3n) is 6.49. The number of hydrogen-bond donors (Lipinski definition) is 2. The zero-order valence-electron chi connectivity index (χ0n) is 20.3. The molecular formula is C25H30Cl2N2O7S. The van der Waals surface area contributed by atoms with Gasteiger partial charge in [0, 0.05) is 13.1 Å². The number of benzene rings is 2. The number of carbonyl (C=O) groups is 1. The van der Waals surface area contributed by atoms with Crippen molar-refractivity contribution in [2.24, 2.45) is 0 Å². The third kappa shape index (κ3) is 6.94. The number of nitrogens with one attached hydrogen (secondary N) is 1. The summed E-state index contributed by atoms with van der Waals surface area (Å²) in [5.74, 6) is 0.346. The molecule has 0 saturated carbocycles. The van der Waals surface area contributed by atoms with Crippen LogP contribution in [-0.2, 0) is 30.8 Å². The van der Waals surface area contributed by atoms with Gasteiger partial charge in [-0.25, -0.2) is 8.42 Å². The minimum atomic E-state index is -3.93. The van der Waals surface area contributed by atoms with E-state index in [-0.39, 0.29) is 37.0 Å². The van der Waals surface area contributed by atoms with Crippen LogP contribution in [0, 0.1) is 0 Å². The molecule has 1 amide bonds. The van der Waals surface area contributed by atoms with Crippen molar-refractivity contribution in [1.82, 2.24) is 9.62 Å². The second kappa shape index (κ2) is 12.3. The number of amides is 1. The molecule has 4 atom stereocenters. The highest BCUT2D eigenvalue weighted by Gasteiger charge is 2.43. The quantitative estimate of drug-likeness (QED) is 0.524. The van der Waals surface area contributed by atoms with E-state index in [9.17, 15) is 18.3 Å². The van der Waals surface area contributed by atoms with E-state index in [1.54, 1.807) is 30.3 Å². The highest BCUT2D eigenvalue weighted by atomic mass is 35.5. The lowest BCUT2D eigenvalue weighted by atomic mass is 9.96. The molecule has 0 bridgehead atoms. The number of aliphatic hydroxyl groups is 1. The van der Waals surface area contributed by atoms with Gasteiger partial charge < -0.3 is 24.6 Å². The summed E-state index contributed by atoms with van der Waals surface area (Å²) in [4.78, 5) is 12.7. The number of sulfonamides is 1. The minimum Gasteiger partial charge on any atom is -0.497 e. The molecule has 0 spiro atoms. The van der Waals surface area contributed by atoms with Crippen molar-refractivity contribution in [3.63, 3.8) is 0 Å². The summed E-state index contributed by atoms with van der Waals surface area (Å²) in [5, 5.41) is 14.1. The maximum Gasteiger partial charge on any atom is 0.243 e. The molecule has 0 aliphatic carbocycles. The predicted molar refractivity (Wildman–Crippen MR) is 138 cm³/mol. The van der Waals surface area contributed by atoms with Gasteiger partial charge >= 0.3 is 0 Å². The molecule has 2 aromatic rings. The SMILES string of the molecule is COc1ccc(S(=O)(=O)N2C[C@@H](O)COC[C@H]3O[C@H](CC(=O)NCc4ccc(Cl)c(Cl)c4)CC[C@@H]32)cc1. The van der Waals surface area contributed by atoms with E-state index in [4.69, 9.17) is 37.4 Å². The van der Waals surface area contributed by atoms with Crippen LogP contribution in [0.4, 0.5) is 0 Å². The Bertz CT molecular complexity index is 1200. The first kappa shape index (κ1) is 28.1. The number of rotatable bonds is 7. The second-order valence-corrected chi connectivity index (χ2v) is 11.8. The van der Waals surface area contributed by atoms with Gasteiger partial charge in [-0.2, -0.15) is 4.31 Å². The molecule has 0 aromatic heterocycles. The van der Waals surface area contributed by atoms with Crippen LogP contribution in [0.15, 0.2) is 47.4 Å². The Morgan fingerprint density at radius 3 is 2.59 bits per heavy atom. The van der Waals surface area contributed by atoms with Gasteiger partial charge in [0.25, 0.3) is 0 Å². The Morgan fingerprint density at radius 1 is 1.14 bits per heavy atom. The summed E-state index contributed by atoms with van der Waals surface area (Å²) >= 11 is 12.0. The normalized spacial score (nSPS) is 25.0. The highest BCUT2D eigenvalue weighted by molar-refractivity contribution is 7.89. The predicted octanol–water partition coefficient (Wildman–Crippen LogP) is 3.01. The van der Waals surface area contributed by atoms with Crippen molar-refractivity contribution in [3.05, 3.63) is 58.1 Å². The summed E-state index contributed by atoms with van der Waals surface area (Å²) < 4.78 is 45.4. The van der Waals surface area contributed by atoms with Crippen LogP contribution in [0.5, 0.6) is 5.75 Å². The fraction of sp³-hybridized carbons (Fsp3) is 0.480. The van der Waals surface area contributed by atoms with Crippen LogP contribution in [0.3, 0.4) is 0 Å². The van der Waals surface area contributed by atoms with Crippen molar-refractivity contribution in [3.8, 4) is 5.75 Å². The number of ether oxygens (including phenoxy) is 3. The van der Waals surface area contributed by atoms with Crippen molar-refractivity contribution in [1.29, 1.82) is 0 Å². The number of aliphatic hydroxyl groups excluding tert-OH is 1. The van der Waals surface area contributed by atoms with Crippen molar-refractivity contribution >= 4 is 39.1 Å². The summed E-state index contributed by atoms with van der Waals surface area (Å²) in [7, 11) is -2.43. The molecule has 2 aliphatic rings. The number of β-amino-alcohol motifs (C(OH)–C–C–N with tert-alkyl or cyclic N) is 1. The van der Waals surface area contributed by atoms with Gasteiger partial charge in [-0.05, 0) is 54.8 Å². The number of nitrogens with zero attached hydrogens (tertiary/aromatic N) is 1. The van der Waals surface area contributed by atoms with Gasteiger partial charge in [-0.3, -0.25) is 4.79 Å². The van der Waals surface area contributed by atoms with Gasteiger partial charge in [-0.1, -0.05) is 29.3 Å². The Hall–Kier alpha value is -1.92. The number of methoxy groups -OCH3 is 1. The average Bonchev–Trinajstić information content (AvgIpc) is 2.87. The van der Waals surface area contributed by atoms with Crippen molar-refractivity contribution in [2.45, 2.75) is 55.1 Å². The minimum absolute atomic E-state index is 0.0178. The lowest BCUT2D eigenvalue weighted by molar-refractivity contribution is -0.146. The first-order valence-electron chi connectivity index (χ1n) is 11.9. The number of hydrogen-bond acceptors (Lipinski definition) is 7. The maximum atomic E-state index is 13.6. The van der Waals surface area contributed by atoms with Crippen molar-refractivity contribution < 1.29 is 32.5 Å². The van der Waals surface area contributed by atoms with Crippen LogP contribution in [0.25, 0.3) is 0 Å². The van der Waals surface area contributed by atoms with E-state index in [1.807, 2.05) is 0 Å². The zero-order chi connectivity index (χ0) is 26.6.